The number of hydrogen-bond donors (Lipinski definition) is 1. The predicted octanol–water partition coefficient (Wildman–Crippen LogP) is 3.16. The largest absolute Gasteiger partial charge is 0.493 e. The summed E-state index contributed by atoms with van der Waals surface area (Å²) in [6, 6.07) is 8.18. The van der Waals surface area contributed by atoms with Gasteiger partial charge in [-0.15, -0.1) is 24.0 Å². The fourth-order valence-corrected chi connectivity index (χ4v) is 3.26. The van der Waals surface area contributed by atoms with E-state index in [1.807, 2.05) is 19.3 Å². The molecule has 0 atom stereocenters. The van der Waals surface area contributed by atoms with Gasteiger partial charge in [-0.05, 0) is 48.2 Å². The number of benzene rings is 1. The Bertz CT molecular complexity index is 811. The minimum absolute atomic E-state index is 0. The van der Waals surface area contributed by atoms with E-state index in [9.17, 15) is 0 Å². The smallest absolute Gasteiger partial charge is 0.194 e. The highest BCUT2D eigenvalue weighted by Gasteiger charge is 2.21. The van der Waals surface area contributed by atoms with E-state index in [0.29, 0.717) is 6.54 Å². The van der Waals surface area contributed by atoms with Gasteiger partial charge in [-0.2, -0.15) is 0 Å². The number of nitrogens with one attached hydrogen (secondary N) is 1. The average Bonchev–Trinajstić information content (AvgIpc) is 2.68. The maximum absolute atomic E-state index is 5.45. The topological polar surface area (TPSA) is 59.0 Å². The number of hydrogen-bond acceptors (Lipinski definition) is 4. The fraction of sp³-hybridized carbons (Fsp3) is 0.400. The molecule has 0 amide bonds. The summed E-state index contributed by atoms with van der Waals surface area (Å²) >= 11 is 0. The van der Waals surface area contributed by atoms with Crippen molar-refractivity contribution in [2.24, 2.45) is 4.99 Å². The van der Waals surface area contributed by atoms with Crippen molar-refractivity contribution in [3.05, 3.63) is 52.8 Å². The number of pyridine rings is 1. The maximum Gasteiger partial charge on any atom is 0.194 e. The summed E-state index contributed by atoms with van der Waals surface area (Å²) < 4.78 is 10.9. The molecule has 0 bridgehead atoms. The van der Waals surface area contributed by atoms with Crippen molar-refractivity contribution < 1.29 is 9.47 Å². The second-order valence-electron chi connectivity index (χ2n) is 6.32. The Labute approximate surface area is 178 Å². The summed E-state index contributed by atoms with van der Waals surface area (Å²) in [5, 5.41) is 3.44. The molecule has 0 saturated carbocycles. The number of nitrogens with zero attached hydrogens (tertiary/aromatic N) is 3. The molecule has 3 rings (SSSR count). The second-order valence-corrected chi connectivity index (χ2v) is 6.32. The van der Waals surface area contributed by atoms with Crippen molar-refractivity contribution in [3.8, 4) is 11.5 Å². The standard InChI is InChI=1S/C20H26N4O2.HI/c1-14-6-5-8-22-17(14)12-23-20(21-2)24-9-7-15-10-18(25-3)19(26-4)11-16(15)13-24;/h5-6,8,10-11H,7,9,12-13H2,1-4H3,(H,21,23);1H. The van der Waals surface area contributed by atoms with E-state index in [4.69, 9.17) is 9.47 Å². The van der Waals surface area contributed by atoms with E-state index in [-0.39, 0.29) is 24.0 Å². The lowest BCUT2D eigenvalue weighted by Crippen LogP contribution is -2.43. The van der Waals surface area contributed by atoms with E-state index < -0.39 is 0 Å². The van der Waals surface area contributed by atoms with Gasteiger partial charge in [0.05, 0.1) is 26.5 Å². The minimum atomic E-state index is 0. The summed E-state index contributed by atoms with van der Waals surface area (Å²) in [4.78, 5) is 11.2. The van der Waals surface area contributed by atoms with Crippen molar-refractivity contribution >= 4 is 29.9 Å². The Morgan fingerprint density at radius 1 is 1.22 bits per heavy atom. The number of aryl methyl sites for hydroxylation is 1. The van der Waals surface area contributed by atoms with Gasteiger partial charge in [0, 0.05) is 26.3 Å². The summed E-state index contributed by atoms with van der Waals surface area (Å²) in [5.74, 6) is 2.43. The number of rotatable bonds is 4. The normalized spacial score (nSPS) is 13.5. The van der Waals surface area contributed by atoms with Gasteiger partial charge in [0.1, 0.15) is 0 Å². The van der Waals surface area contributed by atoms with Gasteiger partial charge in [-0.25, -0.2) is 0 Å². The molecule has 2 heterocycles. The molecule has 6 nitrogen and oxygen atoms in total. The van der Waals surface area contributed by atoms with Crippen LogP contribution in [0.4, 0.5) is 0 Å². The molecule has 27 heavy (non-hydrogen) atoms. The molecule has 1 aromatic heterocycles. The van der Waals surface area contributed by atoms with Crippen LogP contribution in [0, 0.1) is 6.92 Å². The van der Waals surface area contributed by atoms with Gasteiger partial charge in [-0.3, -0.25) is 9.98 Å². The second kappa shape index (κ2) is 9.77. The van der Waals surface area contributed by atoms with E-state index in [1.165, 1.54) is 16.7 Å². The molecule has 0 radical (unpaired) electrons. The van der Waals surface area contributed by atoms with Gasteiger partial charge in [0.2, 0.25) is 0 Å². The molecule has 0 saturated heterocycles. The van der Waals surface area contributed by atoms with Crippen LogP contribution < -0.4 is 14.8 Å². The first kappa shape index (κ1) is 21.3. The highest BCUT2D eigenvalue weighted by molar-refractivity contribution is 14.0. The van der Waals surface area contributed by atoms with Crippen LogP contribution in [-0.4, -0.2) is 43.7 Å². The van der Waals surface area contributed by atoms with Crippen molar-refractivity contribution in [1.82, 2.24) is 15.2 Å². The van der Waals surface area contributed by atoms with Crippen LogP contribution in [0.1, 0.15) is 22.4 Å². The Kier molecular flexibility index (Phi) is 7.70. The third-order valence-corrected chi connectivity index (χ3v) is 4.76. The zero-order valence-electron chi connectivity index (χ0n) is 16.3. The number of fused-ring (bicyclic) bond motifs is 1. The lowest BCUT2D eigenvalue weighted by Gasteiger charge is -2.32. The van der Waals surface area contributed by atoms with Crippen LogP contribution in [0.5, 0.6) is 11.5 Å². The van der Waals surface area contributed by atoms with Crippen LogP contribution in [0.25, 0.3) is 0 Å². The number of halogens is 1. The highest BCUT2D eigenvalue weighted by atomic mass is 127. The lowest BCUT2D eigenvalue weighted by molar-refractivity contribution is 0.346. The molecule has 1 aromatic carbocycles. The maximum atomic E-state index is 5.45. The number of aromatic nitrogens is 1. The number of guanidine groups is 1. The van der Waals surface area contributed by atoms with Crippen LogP contribution in [0.15, 0.2) is 35.5 Å². The molecule has 1 aliphatic heterocycles. The van der Waals surface area contributed by atoms with E-state index in [1.54, 1.807) is 14.2 Å². The van der Waals surface area contributed by atoms with E-state index >= 15 is 0 Å². The Morgan fingerprint density at radius 2 is 1.93 bits per heavy atom. The first-order valence-electron chi connectivity index (χ1n) is 8.76. The Hall–Kier alpha value is -2.03. The molecule has 2 aromatic rings. The SMILES string of the molecule is CN=C(NCc1ncccc1C)N1CCc2cc(OC)c(OC)cc2C1.I. The van der Waals surface area contributed by atoms with Crippen molar-refractivity contribution in [1.29, 1.82) is 0 Å². The van der Waals surface area contributed by atoms with Crippen molar-refractivity contribution in [2.45, 2.75) is 26.4 Å². The third-order valence-electron chi connectivity index (χ3n) is 4.76. The van der Waals surface area contributed by atoms with Gasteiger partial charge in [0.25, 0.3) is 0 Å². The zero-order valence-corrected chi connectivity index (χ0v) is 18.6. The molecule has 146 valence electrons. The summed E-state index contributed by atoms with van der Waals surface area (Å²) in [6.07, 6.45) is 2.77. The molecule has 1 aliphatic rings. The van der Waals surface area contributed by atoms with Gasteiger partial charge in [0.15, 0.2) is 17.5 Å². The van der Waals surface area contributed by atoms with Gasteiger partial charge < -0.3 is 19.7 Å². The molecule has 0 aliphatic carbocycles. The quantitative estimate of drug-likeness (QED) is 0.412. The van der Waals surface area contributed by atoms with Crippen LogP contribution >= 0.6 is 24.0 Å². The number of aliphatic imine (C=N–C) groups is 1. The summed E-state index contributed by atoms with van der Waals surface area (Å²) in [7, 11) is 5.16. The number of methoxy groups -OCH3 is 2. The van der Waals surface area contributed by atoms with Crippen molar-refractivity contribution in [3.63, 3.8) is 0 Å². The van der Waals surface area contributed by atoms with Crippen LogP contribution in [0.3, 0.4) is 0 Å². The lowest BCUT2D eigenvalue weighted by atomic mass is 9.99. The highest BCUT2D eigenvalue weighted by Crippen LogP contribution is 2.33. The van der Waals surface area contributed by atoms with E-state index in [0.717, 1.165) is 42.7 Å². The first-order chi connectivity index (χ1) is 12.7. The van der Waals surface area contributed by atoms with Crippen molar-refractivity contribution in [2.75, 3.05) is 27.8 Å². The molecule has 7 heteroatoms. The predicted molar refractivity (Wildman–Crippen MR) is 118 cm³/mol. The van der Waals surface area contributed by atoms with Gasteiger partial charge in [-0.1, -0.05) is 6.07 Å². The third kappa shape index (κ3) is 4.82. The molecule has 0 spiro atoms. The molecular formula is C20H27IN4O2. The average molecular weight is 482 g/mol. The summed E-state index contributed by atoms with van der Waals surface area (Å²) in [5.41, 5.74) is 4.76. The van der Waals surface area contributed by atoms with Crippen LogP contribution in [-0.2, 0) is 19.5 Å². The Balaban J connectivity index is 0.00000261. The van der Waals surface area contributed by atoms with Crippen LogP contribution in [0.2, 0.25) is 0 Å². The number of ether oxygens (including phenoxy) is 2. The molecule has 1 N–H and O–H groups in total. The minimum Gasteiger partial charge on any atom is -0.493 e. The fourth-order valence-electron chi connectivity index (χ4n) is 3.26. The zero-order chi connectivity index (χ0) is 18.5. The first-order valence-corrected chi connectivity index (χ1v) is 8.76. The monoisotopic (exact) mass is 482 g/mol. The van der Waals surface area contributed by atoms with E-state index in [2.05, 4.69) is 45.3 Å². The molecule has 0 unspecified atom stereocenters. The van der Waals surface area contributed by atoms with Gasteiger partial charge >= 0.3 is 0 Å². The molecule has 0 fully saturated rings. The molecular weight excluding hydrogens is 455 g/mol. The Morgan fingerprint density at radius 3 is 2.56 bits per heavy atom. The summed E-state index contributed by atoms with van der Waals surface area (Å²) in [6.45, 7) is 4.43.